The van der Waals surface area contributed by atoms with Gasteiger partial charge in [0.2, 0.25) is 5.91 Å². The van der Waals surface area contributed by atoms with E-state index in [1.165, 1.54) is 6.07 Å². The molecular weight excluding hydrogens is 428 g/mol. The van der Waals surface area contributed by atoms with Crippen molar-refractivity contribution in [2.24, 2.45) is 5.92 Å². The fraction of sp³-hybridized carbons (Fsp3) is 0.364. The van der Waals surface area contributed by atoms with Crippen molar-refractivity contribution in [2.75, 3.05) is 29.9 Å². The first-order valence-corrected chi connectivity index (χ1v) is 10.5. The summed E-state index contributed by atoms with van der Waals surface area (Å²) < 4.78 is 32.6. The summed E-state index contributed by atoms with van der Waals surface area (Å²) in [6, 6.07) is 8.02. The second kappa shape index (κ2) is 8.70. The summed E-state index contributed by atoms with van der Waals surface area (Å²) >= 11 is 6.11. The largest absolute Gasteiger partial charge is 0.487 e. The molecular formula is C22H22ClF2N3O3. The molecule has 1 saturated heterocycles. The number of amides is 3. The average Bonchev–Trinajstić information content (AvgIpc) is 2.75. The first-order chi connectivity index (χ1) is 14.8. The van der Waals surface area contributed by atoms with E-state index in [4.69, 9.17) is 16.3 Å². The lowest BCUT2D eigenvalue weighted by atomic mass is 9.96. The lowest BCUT2D eigenvalue weighted by molar-refractivity contribution is -0.121. The number of benzene rings is 2. The highest BCUT2D eigenvalue weighted by molar-refractivity contribution is 6.31. The highest BCUT2D eigenvalue weighted by Gasteiger charge is 2.34. The van der Waals surface area contributed by atoms with E-state index in [2.05, 4.69) is 5.32 Å². The number of carbonyl (C=O) groups excluding carboxylic acids is 2. The Bertz CT molecular complexity index is 1010. The predicted octanol–water partition coefficient (Wildman–Crippen LogP) is 4.68. The van der Waals surface area contributed by atoms with E-state index < -0.39 is 11.6 Å². The molecule has 0 aromatic heterocycles. The van der Waals surface area contributed by atoms with Crippen molar-refractivity contribution in [3.8, 4) is 5.75 Å². The second-order valence-corrected chi connectivity index (χ2v) is 8.24. The third kappa shape index (κ3) is 4.58. The molecule has 164 valence electrons. The summed E-state index contributed by atoms with van der Waals surface area (Å²) in [7, 11) is 0. The average molecular weight is 450 g/mol. The molecule has 1 N–H and O–H groups in total. The van der Waals surface area contributed by atoms with Gasteiger partial charge in [0.05, 0.1) is 17.9 Å². The molecule has 9 heteroatoms. The minimum Gasteiger partial charge on any atom is -0.487 e. The number of nitrogens with one attached hydrogen (secondary N) is 1. The first-order valence-electron chi connectivity index (χ1n) is 10.1. The van der Waals surface area contributed by atoms with Gasteiger partial charge in [0.1, 0.15) is 23.5 Å². The molecule has 0 saturated carbocycles. The number of urea groups is 1. The van der Waals surface area contributed by atoms with Gasteiger partial charge in [-0.25, -0.2) is 13.6 Å². The van der Waals surface area contributed by atoms with Crippen molar-refractivity contribution in [1.29, 1.82) is 0 Å². The Morgan fingerprint density at radius 2 is 1.87 bits per heavy atom. The van der Waals surface area contributed by atoms with Crippen LogP contribution < -0.4 is 15.0 Å². The van der Waals surface area contributed by atoms with Crippen LogP contribution in [0.4, 0.5) is 25.0 Å². The maximum atomic E-state index is 13.8. The fourth-order valence-electron chi connectivity index (χ4n) is 3.92. The SMILES string of the molecule is C[C@H]1CN(C(=O)N2CCC(C(=O)Nc3ccc(F)cc3F)CC2)c2cc(Cl)ccc2O1. The number of fused-ring (bicyclic) bond motifs is 1. The van der Waals surface area contributed by atoms with Gasteiger partial charge >= 0.3 is 6.03 Å². The third-order valence-corrected chi connectivity index (χ3v) is 5.77. The summed E-state index contributed by atoms with van der Waals surface area (Å²) in [6.07, 6.45) is 0.734. The molecule has 0 unspecified atom stereocenters. The zero-order valence-corrected chi connectivity index (χ0v) is 17.7. The molecule has 2 aliphatic rings. The summed E-state index contributed by atoms with van der Waals surface area (Å²) in [4.78, 5) is 29.1. The zero-order chi connectivity index (χ0) is 22.1. The lowest BCUT2D eigenvalue weighted by Crippen LogP contribution is -2.51. The Kier molecular flexibility index (Phi) is 6.00. The molecule has 4 rings (SSSR count). The molecule has 0 radical (unpaired) electrons. The molecule has 1 atom stereocenters. The third-order valence-electron chi connectivity index (χ3n) is 5.54. The molecule has 6 nitrogen and oxygen atoms in total. The number of anilines is 2. The maximum absolute atomic E-state index is 13.8. The number of carbonyl (C=O) groups is 2. The summed E-state index contributed by atoms with van der Waals surface area (Å²) in [5, 5.41) is 3.03. The van der Waals surface area contributed by atoms with Crippen LogP contribution in [-0.2, 0) is 4.79 Å². The molecule has 0 bridgehead atoms. The van der Waals surface area contributed by atoms with Crippen LogP contribution >= 0.6 is 11.6 Å². The standard InChI is InChI=1S/C22H22ClF2N3O3/c1-13-12-28(19-10-15(23)2-5-20(19)31-13)22(30)27-8-6-14(7-9-27)21(29)26-18-4-3-16(24)11-17(18)25/h2-5,10-11,13-14H,6-9,12H2,1H3,(H,26,29)/t13-/m0/s1. The Hall–Kier alpha value is -2.87. The second-order valence-electron chi connectivity index (χ2n) is 7.81. The van der Waals surface area contributed by atoms with Gasteiger partial charge in [0.25, 0.3) is 0 Å². The summed E-state index contributed by atoms with van der Waals surface area (Å²) in [6.45, 7) is 3.08. The van der Waals surface area contributed by atoms with Gasteiger partial charge in [-0.2, -0.15) is 0 Å². The zero-order valence-electron chi connectivity index (χ0n) is 16.9. The predicted molar refractivity (Wildman–Crippen MR) is 114 cm³/mol. The minimum atomic E-state index is -0.820. The Balaban J connectivity index is 1.39. The maximum Gasteiger partial charge on any atom is 0.324 e. The van der Waals surface area contributed by atoms with E-state index in [1.54, 1.807) is 28.0 Å². The van der Waals surface area contributed by atoms with Crippen molar-refractivity contribution in [3.63, 3.8) is 0 Å². The van der Waals surface area contributed by atoms with Crippen LogP contribution in [0.15, 0.2) is 36.4 Å². The van der Waals surface area contributed by atoms with Gasteiger partial charge < -0.3 is 15.0 Å². The summed E-state index contributed by atoms with van der Waals surface area (Å²) in [5.41, 5.74) is 0.572. The van der Waals surface area contributed by atoms with Crippen molar-refractivity contribution in [1.82, 2.24) is 4.90 Å². The Morgan fingerprint density at radius 3 is 2.58 bits per heavy atom. The van der Waals surface area contributed by atoms with E-state index in [9.17, 15) is 18.4 Å². The number of hydrogen-bond acceptors (Lipinski definition) is 3. The number of likely N-dealkylation sites (tertiary alicyclic amines) is 1. The van der Waals surface area contributed by atoms with Crippen molar-refractivity contribution < 1.29 is 23.1 Å². The quantitative estimate of drug-likeness (QED) is 0.724. The van der Waals surface area contributed by atoms with Gasteiger partial charge in [-0.15, -0.1) is 0 Å². The number of halogens is 3. The number of hydrogen-bond donors (Lipinski definition) is 1. The number of nitrogens with zero attached hydrogens (tertiary/aromatic N) is 2. The van der Waals surface area contributed by atoms with Crippen LogP contribution in [0.25, 0.3) is 0 Å². The normalized spacial score (nSPS) is 18.9. The molecule has 2 aromatic rings. The number of rotatable bonds is 2. The number of ether oxygens (including phenoxy) is 1. The van der Waals surface area contributed by atoms with E-state index in [0.29, 0.717) is 48.9 Å². The molecule has 31 heavy (non-hydrogen) atoms. The van der Waals surface area contributed by atoms with Crippen LogP contribution in [0, 0.1) is 17.6 Å². The monoisotopic (exact) mass is 449 g/mol. The van der Waals surface area contributed by atoms with E-state index in [-0.39, 0.29) is 29.6 Å². The van der Waals surface area contributed by atoms with Crippen LogP contribution in [0.3, 0.4) is 0 Å². The molecule has 3 amide bonds. The molecule has 0 aliphatic carbocycles. The highest BCUT2D eigenvalue weighted by Crippen LogP contribution is 2.36. The van der Waals surface area contributed by atoms with E-state index in [1.807, 2.05) is 6.92 Å². The highest BCUT2D eigenvalue weighted by atomic mass is 35.5. The molecule has 2 aromatic carbocycles. The van der Waals surface area contributed by atoms with E-state index in [0.717, 1.165) is 12.1 Å². The summed E-state index contributed by atoms with van der Waals surface area (Å²) in [5.74, 6) is -1.62. The van der Waals surface area contributed by atoms with E-state index >= 15 is 0 Å². The number of piperidine rings is 1. The van der Waals surface area contributed by atoms with Gasteiger partial charge in [0, 0.05) is 30.1 Å². The van der Waals surface area contributed by atoms with Gasteiger partial charge in [-0.05, 0) is 50.1 Å². The first kappa shape index (κ1) is 21.4. The van der Waals surface area contributed by atoms with Gasteiger partial charge in [-0.1, -0.05) is 11.6 Å². The van der Waals surface area contributed by atoms with Gasteiger partial charge in [0.15, 0.2) is 0 Å². The van der Waals surface area contributed by atoms with Crippen molar-refractivity contribution in [2.45, 2.75) is 25.9 Å². The smallest absolute Gasteiger partial charge is 0.324 e. The fourth-order valence-corrected chi connectivity index (χ4v) is 4.09. The van der Waals surface area contributed by atoms with Crippen molar-refractivity contribution in [3.05, 3.63) is 53.1 Å². The van der Waals surface area contributed by atoms with Crippen molar-refractivity contribution >= 4 is 34.9 Å². The molecule has 2 aliphatic heterocycles. The minimum absolute atomic E-state index is 0.0549. The van der Waals surface area contributed by atoms with Crippen LogP contribution in [-0.4, -0.2) is 42.6 Å². The molecule has 0 spiro atoms. The molecule has 2 heterocycles. The lowest BCUT2D eigenvalue weighted by Gasteiger charge is -2.39. The molecule has 1 fully saturated rings. The topological polar surface area (TPSA) is 61.9 Å². The Labute approximate surface area is 183 Å². The Morgan fingerprint density at radius 1 is 1.13 bits per heavy atom. The van der Waals surface area contributed by atoms with Gasteiger partial charge in [-0.3, -0.25) is 9.69 Å². The van der Waals surface area contributed by atoms with Crippen LogP contribution in [0.5, 0.6) is 5.75 Å². The van der Waals surface area contributed by atoms with Crippen LogP contribution in [0.2, 0.25) is 5.02 Å². The van der Waals surface area contributed by atoms with Crippen LogP contribution in [0.1, 0.15) is 19.8 Å².